The van der Waals surface area contributed by atoms with E-state index in [4.69, 9.17) is 21.7 Å². The molecule has 3 aromatic rings. The van der Waals surface area contributed by atoms with Crippen molar-refractivity contribution in [2.75, 3.05) is 6.54 Å². The lowest BCUT2D eigenvalue weighted by Crippen LogP contribution is -2.33. The second kappa shape index (κ2) is 11.6. The number of aliphatic carboxylic acids is 1. The van der Waals surface area contributed by atoms with Crippen LogP contribution in [0.1, 0.15) is 46.6 Å². The Hall–Kier alpha value is -3.30. The van der Waals surface area contributed by atoms with Crippen molar-refractivity contribution in [1.82, 2.24) is 9.88 Å². The Bertz CT molecular complexity index is 1270. The minimum Gasteiger partial charge on any atom is -0.481 e. The molecule has 0 bridgehead atoms. The summed E-state index contributed by atoms with van der Waals surface area (Å²) in [4.78, 5) is 42.3. The van der Waals surface area contributed by atoms with Gasteiger partial charge in [0, 0.05) is 36.9 Å². The quantitative estimate of drug-likeness (QED) is 0.274. The third-order valence-corrected chi connectivity index (χ3v) is 7.56. The molecule has 1 amide bonds. The van der Waals surface area contributed by atoms with Crippen LogP contribution in [0.5, 0.6) is 0 Å². The van der Waals surface area contributed by atoms with Crippen molar-refractivity contribution < 1.29 is 23.9 Å². The fraction of sp³-hybridized carbons (Fsp3) is 0.296. The van der Waals surface area contributed by atoms with E-state index in [0.717, 1.165) is 16.8 Å². The van der Waals surface area contributed by atoms with Gasteiger partial charge in [-0.25, -0.2) is 4.98 Å². The molecule has 1 aliphatic rings. The number of carbonyl (C=O) groups is 3. The molecule has 4 rings (SSSR count). The Morgan fingerprint density at radius 3 is 2.53 bits per heavy atom. The number of hydrogen-bond acceptors (Lipinski definition) is 7. The fourth-order valence-electron chi connectivity index (χ4n) is 4.00. The standard InChI is InChI=1S/C27H26N2O5S2/c1-17-21(28-25(34-17)20-6-3-2-4-7-20)13-14-22(30)19-11-9-18(10-12-19)16-23-26(33)29(27(35)36-23)15-5-8-24(31)32/h2-4,6-7,9-12,23H,5,8,13-16H2,1H3,(H,31,32). The highest BCUT2D eigenvalue weighted by molar-refractivity contribution is 8.24. The summed E-state index contributed by atoms with van der Waals surface area (Å²) in [7, 11) is 0. The van der Waals surface area contributed by atoms with Crippen molar-refractivity contribution >= 4 is 46.0 Å². The monoisotopic (exact) mass is 522 g/mol. The van der Waals surface area contributed by atoms with Crippen LogP contribution in [0.3, 0.4) is 0 Å². The van der Waals surface area contributed by atoms with E-state index >= 15 is 0 Å². The van der Waals surface area contributed by atoms with Crippen molar-refractivity contribution in [3.63, 3.8) is 0 Å². The maximum Gasteiger partial charge on any atom is 0.303 e. The van der Waals surface area contributed by atoms with E-state index in [0.29, 0.717) is 53.8 Å². The molecule has 7 nitrogen and oxygen atoms in total. The van der Waals surface area contributed by atoms with Gasteiger partial charge in [0.25, 0.3) is 0 Å². The molecule has 0 spiro atoms. The maximum atomic E-state index is 12.8. The van der Waals surface area contributed by atoms with Gasteiger partial charge >= 0.3 is 5.97 Å². The zero-order chi connectivity index (χ0) is 25.7. The summed E-state index contributed by atoms with van der Waals surface area (Å²) in [6, 6.07) is 17.0. The van der Waals surface area contributed by atoms with Gasteiger partial charge in [-0.1, -0.05) is 66.4 Å². The number of aryl methyl sites for hydroxylation is 2. The molecule has 1 aliphatic heterocycles. The SMILES string of the molecule is Cc1oc(-c2ccccc2)nc1CCC(=O)c1ccc(CC2SC(=S)N(CCCC(=O)O)C2=O)cc1. The van der Waals surface area contributed by atoms with Crippen LogP contribution in [0.25, 0.3) is 11.5 Å². The summed E-state index contributed by atoms with van der Waals surface area (Å²) in [6.45, 7) is 2.17. The summed E-state index contributed by atoms with van der Waals surface area (Å²) in [5.74, 6) is 0.306. The lowest BCUT2D eigenvalue weighted by atomic mass is 10.0. The first-order chi connectivity index (χ1) is 17.3. The highest BCUT2D eigenvalue weighted by Crippen LogP contribution is 2.30. The number of nitrogens with zero attached hydrogens (tertiary/aromatic N) is 2. The van der Waals surface area contributed by atoms with Gasteiger partial charge in [0.05, 0.1) is 10.9 Å². The first kappa shape index (κ1) is 25.8. The Kier molecular flexibility index (Phi) is 8.32. The number of ketones is 1. The lowest BCUT2D eigenvalue weighted by Gasteiger charge is -2.14. The van der Waals surface area contributed by atoms with Crippen LogP contribution in [-0.2, 0) is 22.4 Å². The van der Waals surface area contributed by atoms with Crippen LogP contribution in [0.2, 0.25) is 0 Å². The fourth-order valence-corrected chi connectivity index (χ4v) is 5.59. The smallest absolute Gasteiger partial charge is 0.303 e. The van der Waals surface area contributed by atoms with Gasteiger partial charge in [0.2, 0.25) is 11.8 Å². The van der Waals surface area contributed by atoms with Crippen LogP contribution < -0.4 is 0 Å². The molecular formula is C27H26N2O5S2. The summed E-state index contributed by atoms with van der Waals surface area (Å²) >= 11 is 6.65. The van der Waals surface area contributed by atoms with Gasteiger partial charge in [0.15, 0.2) is 5.78 Å². The van der Waals surface area contributed by atoms with Crippen molar-refractivity contribution in [1.29, 1.82) is 0 Å². The lowest BCUT2D eigenvalue weighted by molar-refractivity contribution is -0.137. The van der Waals surface area contributed by atoms with Gasteiger partial charge in [-0.3, -0.25) is 19.3 Å². The highest BCUT2D eigenvalue weighted by atomic mass is 32.2. The molecule has 1 saturated heterocycles. The minimum atomic E-state index is -0.889. The van der Waals surface area contributed by atoms with Crippen LogP contribution >= 0.6 is 24.0 Å². The Morgan fingerprint density at radius 1 is 1.11 bits per heavy atom. The number of rotatable bonds is 11. The molecule has 1 atom stereocenters. The number of benzene rings is 2. The molecule has 1 aromatic heterocycles. The van der Waals surface area contributed by atoms with Gasteiger partial charge in [-0.15, -0.1) is 0 Å². The highest BCUT2D eigenvalue weighted by Gasteiger charge is 2.36. The van der Waals surface area contributed by atoms with Gasteiger partial charge in [-0.05, 0) is 37.5 Å². The van der Waals surface area contributed by atoms with Crippen molar-refractivity contribution in [2.24, 2.45) is 0 Å². The number of carboxylic acid groups (broad SMARTS) is 1. The predicted molar refractivity (Wildman–Crippen MR) is 142 cm³/mol. The number of amides is 1. The Morgan fingerprint density at radius 2 is 1.83 bits per heavy atom. The number of carbonyl (C=O) groups excluding carboxylic acids is 2. The average molecular weight is 523 g/mol. The third kappa shape index (κ3) is 6.27. The van der Waals surface area contributed by atoms with E-state index in [9.17, 15) is 14.4 Å². The van der Waals surface area contributed by atoms with E-state index in [2.05, 4.69) is 4.98 Å². The molecule has 9 heteroatoms. The number of Topliss-reactive ketones (excluding diaryl/α,β-unsaturated/α-hetero) is 1. The topological polar surface area (TPSA) is 101 Å². The van der Waals surface area contributed by atoms with Gasteiger partial charge in [-0.2, -0.15) is 0 Å². The number of oxazole rings is 1. The molecular weight excluding hydrogens is 496 g/mol. The normalized spacial score (nSPS) is 15.5. The molecule has 0 aliphatic carbocycles. The number of thiocarbonyl (C=S) groups is 1. The number of carboxylic acids is 1. The van der Waals surface area contributed by atoms with Crippen molar-refractivity contribution in [3.8, 4) is 11.5 Å². The molecule has 2 aromatic carbocycles. The number of thioether (sulfide) groups is 1. The van der Waals surface area contributed by atoms with Gasteiger partial charge in [0.1, 0.15) is 10.1 Å². The first-order valence-electron chi connectivity index (χ1n) is 11.7. The Labute approximate surface area is 218 Å². The number of hydrogen-bond donors (Lipinski definition) is 1. The average Bonchev–Trinajstić information content (AvgIpc) is 3.37. The molecule has 1 N–H and O–H groups in total. The van der Waals surface area contributed by atoms with E-state index in [1.807, 2.05) is 49.4 Å². The van der Waals surface area contributed by atoms with Crippen LogP contribution in [0.15, 0.2) is 59.0 Å². The van der Waals surface area contributed by atoms with Crippen molar-refractivity contribution in [3.05, 3.63) is 77.2 Å². The molecule has 0 saturated carbocycles. The van der Waals surface area contributed by atoms with E-state index in [1.165, 1.54) is 16.7 Å². The zero-order valence-electron chi connectivity index (χ0n) is 19.8. The van der Waals surface area contributed by atoms with Gasteiger partial charge < -0.3 is 9.52 Å². The summed E-state index contributed by atoms with van der Waals surface area (Å²) in [6.07, 6.45) is 1.67. The molecule has 0 radical (unpaired) electrons. The minimum absolute atomic E-state index is 0.00162. The molecule has 2 heterocycles. The molecule has 1 unspecified atom stereocenters. The molecule has 1 fully saturated rings. The predicted octanol–water partition coefficient (Wildman–Crippen LogP) is 5.10. The van der Waals surface area contributed by atoms with Crippen LogP contribution in [0.4, 0.5) is 0 Å². The van der Waals surface area contributed by atoms with Crippen molar-refractivity contribution in [2.45, 2.75) is 44.3 Å². The summed E-state index contributed by atoms with van der Waals surface area (Å²) < 4.78 is 6.27. The zero-order valence-corrected chi connectivity index (χ0v) is 21.4. The van der Waals surface area contributed by atoms with E-state index < -0.39 is 5.97 Å². The Balaban J connectivity index is 1.31. The largest absolute Gasteiger partial charge is 0.481 e. The third-order valence-electron chi connectivity index (χ3n) is 5.98. The molecule has 36 heavy (non-hydrogen) atoms. The second-order valence-corrected chi connectivity index (χ2v) is 10.4. The van der Waals surface area contributed by atoms with Crippen LogP contribution in [0, 0.1) is 6.92 Å². The summed E-state index contributed by atoms with van der Waals surface area (Å²) in [5, 5.41) is 8.47. The second-order valence-electron chi connectivity index (χ2n) is 8.57. The maximum absolute atomic E-state index is 12.8. The van der Waals surface area contributed by atoms with E-state index in [1.54, 1.807) is 12.1 Å². The van der Waals surface area contributed by atoms with Crippen LogP contribution in [-0.4, -0.2) is 48.8 Å². The molecule has 186 valence electrons. The first-order valence-corrected chi connectivity index (χ1v) is 13.0. The number of aromatic nitrogens is 1. The van der Waals surface area contributed by atoms with E-state index in [-0.39, 0.29) is 23.4 Å². The summed E-state index contributed by atoms with van der Waals surface area (Å²) in [5.41, 5.74) is 3.23.